The van der Waals surface area contributed by atoms with Gasteiger partial charge in [-0.25, -0.2) is 0 Å². The average Bonchev–Trinajstić information content (AvgIpc) is 2.27. The third kappa shape index (κ3) is 3.94. The Labute approximate surface area is 114 Å². The van der Waals surface area contributed by atoms with E-state index in [2.05, 4.69) is 51.3 Å². The van der Waals surface area contributed by atoms with Crippen LogP contribution in [0.15, 0.2) is 0 Å². The molecule has 108 valence electrons. The fraction of sp³-hybridized carbons (Fsp3) is 1.00. The summed E-state index contributed by atoms with van der Waals surface area (Å²) >= 11 is 0. The molecule has 0 amide bonds. The SMILES string of the molecule is CC(C)CC(C)(CN)N1CCN(C(C)(C)C)CC1. The molecule has 1 heterocycles. The molecule has 1 saturated heterocycles. The molecule has 3 nitrogen and oxygen atoms in total. The number of piperazine rings is 1. The van der Waals surface area contributed by atoms with Crippen LogP contribution in [0.2, 0.25) is 0 Å². The Hall–Kier alpha value is -0.120. The predicted molar refractivity (Wildman–Crippen MR) is 79.8 cm³/mol. The highest BCUT2D eigenvalue weighted by atomic mass is 15.3. The second kappa shape index (κ2) is 5.89. The van der Waals surface area contributed by atoms with Gasteiger partial charge in [0.15, 0.2) is 0 Å². The fourth-order valence-electron chi connectivity index (χ4n) is 3.14. The third-order valence-corrected chi connectivity index (χ3v) is 4.28. The van der Waals surface area contributed by atoms with E-state index in [1.54, 1.807) is 0 Å². The van der Waals surface area contributed by atoms with Gasteiger partial charge in [-0.3, -0.25) is 9.80 Å². The van der Waals surface area contributed by atoms with E-state index >= 15 is 0 Å². The van der Waals surface area contributed by atoms with Crippen LogP contribution in [0.1, 0.15) is 48.0 Å². The number of hydrogen-bond acceptors (Lipinski definition) is 3. The van der Waals surface area contributed by atoms with Gasteiger partial charge in [0.05, 0.1) is 0 Å². The molecule has 1 atom stereocenters. The fourth-order valence-corrected chi connectivity index (χ4v) is 3.14. The Bertz CT molecular complexity index is 249. The minimum Gasteiger partial charge on any atom is -0.329 e. The summed E-state index contributed by atoms with van der Waals surface area (Å²) in [5.74, 6) is 0.708. The summed E-state index contributed by atoms with van der Waals surface area (Å²) in [6.45, 7) is 19.2. The van der Waals surface area contributed by atoms with Crippen molar-refractivity contribution in [2.24, 2.45) is 11.7 Å². The Morgan fingerprint density at radius 1 is 0.944 bits per heavy atom. The van der Waals surface area contributed by atoms with Crippen molar-refractivity contribution in [3.05, 3.63) is 0 Å². The largest absolute Gasteiger partial charge is 0.329 e. The van der Waals surface area contributed by atoms with Gasteiger partial charge in [0.1, 0.15) is 0 Å². The Kier molecular flexibility index (Phi) is 5.22. The van der Waals surface area contributed by atoms with E-state index in [-0.39, 0.29) is 5.54 Å². The Morgan fingerprint density at radius 2 is 1.39 bits per heavy atom. The minimum atomic E-state index is 0.179. The van der Waals surface area contributed by atoms with E-state index in [4.69, 9.17) is 5.73 Å². The van der Waals surface area contributed by atoms with Crippen molar-refractivity contribution >= 4 is 0 Å². The average molecular weight is 255 g/mol. The maximum absolute atomic E-state index is 6.05. The Morgan fingerprint density at radius 3 is 1.72 bits per heavy atom. The van der Waals surface area contributed by atoms with Gasteiger partial charge < -0.3 is 5.73 Å². The highest BCUT2D eigenvalue weighted by molar-refractivity contribution is 4.92. The molecule has 1 rings (SSSR count). The van der Waals surface area contributed by atoms with E-state index in [9.17, 15) is 0 Å². The first-order valence-electron chi connectivity index (χ1n) is 7.39. The van der Waals surface area contributed by atoms with E-state index in [0.717, 1.165) is 32.7 Å². The number of nitrogens with two attached hydrogens (primary N) is 1. The lowest BCUT2D eigenvalue weighted by Crippen LogP contribution is -2.61. The molecule has 0 aliphatic carbocycles. The molecule has 0 aromatic heterocycles. The zero-order valence-electron chi connectivity index (χ0n) is 13.3. The van der Waals surface area contributed by atoms with Crippen molar-refractivity contribution < 1.29 is 0 Å². The summed E-state index contributed by atoms with van der Waals surface area (Å²) in [5, 5.41) is 0. The van der Waals surface area contributed by atoms with Crippen LogP contribution in [0.25, 0.3) is 0 Å². The van der Waals surface area contributed by atoms with Gasteiger partial charge in [-0.2, -0.15) is 0 Å². The van der Waals surface area contributed by atoms with E-state index in [0.29, 0.717) is 11.5 Å². The monoisotopic (exact) mass is 255 g/mol. The van der Waals surface area contributed by atoms with Crippen LogP contribution in [0.5, 0.6) is 0 Å². The second-order valence-electron chi connectivity index (χ2n) is 7.44. The molecule has 2 N–H and O–H groups in total. The number of hydrogen-bond donors (Lipinski definition) is 1. The molecule has 3 heteroatoms. The lowest BCUT2D eigenvalue weighted by molar-refractivity contribution is 0.00312. The molecular formula is C15H33N3. The summed E-state index contributed by atoms with van der Waals surface area (Å²) in [4.78, 5) is 5.19. The van der Waals surface area contributed by atoms with Crippen LogP contribution >= 0.6 is 0 Å². The van der Waals surface area contributed by atoms with Crippen molar-refractivity contribution in [1.29, 1.82) is 0 Å². The van der Waals surface area contributed by atoms with Crippen molar-refractivity contribution in [2.75, 3.05) is 32.7 Å². The molecule has 18 heavy (non-hydrogen) atoms. The van der Waals surface area contributed by atoms with Gasteiger partial charge in [-0.1, -0.05) is 13.8 Å². The molecule has 1 aliphatic rings. The molecule has 0 bridgehead atoms. The summed E-state index contributed by atoms with van der Waals surface area (Å²) < 4.78 is 0. The summed E-state index contributed by atoms with van der Waals surface area (Å²) in [5.41, 5.74) is 6.52. The number of rotatable bonds is 4. The lowest BCUT2D eigenvalue weighted by atomic mass is 9.88. The van der Waals surface area contributed by atoms with E-state index in [1.165, 1.54) is 6.42 Å². The van der Waals surface area contributed by atoms with Crippen LogP contribution in [0, 0.1) is 5.92 Å². The van der Waals surface area contributed by atoms with Crippen LogP contribution in [0.4, 0.5) is 0 Å². The van der Waals surface area contributed by atoms with Crippen molar-refractivity contribution in [3.8, 4) is 0 Å². The zero-order chi connectivity index (χ0) is 14.0. The minimum absolute atomic E-state index is 0.179. The van der Waals surface area contributed by atoms with E-state index < -0.39 is 0 Å². The first-order chi connectivity index (χ1) is 8.19. The molecule has 1 fully saturated rings. The predicted octanol–water partition coefficient (Wildman–Crippen LogP) is 2.17. The molecule has 0 radical (unpaired) electrons. The molecule has 0 aromatic carbocycles. The zero-order valence-corrected chi connectivity index (χ0v) is 13.3. The Balaban J connectivity index is 2.60. The molecular weight excluding hydrogens is 222 g/mol. The van der Waals surface area contributed by atoms with Crippen LogP contribution < -0.4 is 5.73 Å². The summed E-state index contributed by atoms with van der Waals surface area (Å²) in [7, 11) is 0. The van der Waals surface area contributed by atoms with Gasteiger partial charge >= 0.3 is 0 Å². The molecule has 0 saturated carbocycles. The summed E-state index contributed by atoms with van der Waals surface area (Å²) in [6.07, 6.45) is 1.19. The molecule has 0 aromatic rings. The molecule has 1 unspecified atom stereocenters. The van der Waals surface area contributed by atoms with Gasteiger partial charge in [-0.05, 0) is 40.0 Å². The van der Waals surface area contributed by atoms with Gasteiger partial charge in [0.2, 0.25) is 0 Å². The maximum Gasteiger partial charge on any atom is 0.0307 e. The van der Waals surface area contributed by atoms with Crippen LogP contribution in [-0.4, -0.2) is 53.6 Å². The number of nitrogens with zero attached hydrogens (tertiary/aromatic N) is 2. The highest BCUT2D eigenvalue weighted by Gasteiger charge is 2.35. The van der Waals surface area contributed by atoms with Gasteiger partial charge in [0, 0.05) is 43.8 Å². The van der Waals surface area contributed by atoms with Crippen molar-refractivity contribution in [1.82, 2.24) is 9.80 Å². The maximum atomic E-state index is 6.05. The van der Waals surface area contributed by atoms with E-state index in [1.807, 2.05) is 0 Å². The highest BCUT2D eigenvalue weighted by Crippen LogP contribution is 2.26. The van der Waals surface area contributed by atoms with Gasteiger partial charge in [0.25, 0.3) is 0 Å². The van der Waals surface area contributed by atoms with Crippen molar-refractivity contribution in [3.63, 3.8) is 0 Å². The third-order valence-electron chi connectivity index (χ3n) is 4.28. The quantitative estimate of drug-likeness (QED) is 0.835. The van der Waals surface area contributed by atoms with Crippen molar-refractivity contribution in [2.45, 2.75) is 59.0 Å². The normalized spacial score (nSPS) is 23.3. The topological polar surface area (TPSA) is 32.5 Å². The standard InChI is InChI=1S/C15H33N3/c1-13(2)11-15(6,12-16)18-9-7-17(8-10-18)14(3,4)5/h13H,7-12,16H2,1-6H3. The first kappa shape index (κ1) is 15.9. The first-order valence-corrected chi connectivity index (χ1v) is 7.39. The molecule has 0 spiro atoms. The lowest BCUT2D eigenvalue weighted by Gasteiger charge is -2.49. The molecule has 1 aliphatic heterocycles. The second-order valence-corrected chi connectivity index (χ2v) is 7.44. The van der Waals surface area contributed by atoms with Crippen LogP contribution in [-0.2, 0) is 0 Å². The smallest absolute Gasteiger partial charge is 0.0307 e. The van der Waals surface area contributed by atoms with Gasteiger partial charge in [-0.15, -0.1) is 0 Å². The van der Waals surface area contributed by atoms with Crippen LogP contribution in [0.3, 0.4) is 0 Å². The summed E-state index contributed by atoms with van der Waals surface area (Å²) in [6, 6.07) is 0.